The summed E-state index contributed by atoms with van der Waals surface area (Å²) in [7, 11) is -3.07. The average molecular weight is 454 g/mol. The Morgan fingerprint density at radius 3 is 2.44 bits per heavy atom. The third-order valence-corrected chi connectivity index (χ3v) is 7.48. The fourth-order valence-corrected chi connectivity index (χ4v) is 5.69. The number of benzene rings is 2. The van der Waals surface area contributed by atoms with Gasteiger partial charge in [0.2, 0.25) is 11.8 Å². The van der Waals surface area contributed by atoms with Gasteiger partial charge in [0.1, 0.15) is 0 Å². The number of carbonyl (C=O) groups excluding carboxylic acids is 1. The van der Waals surface area contributed by atoms with E-state index in [1.165, 1.54) is 0 Å². The zero-order valence-electron chi connectivity index (χ0n) is 18.3. The summed E-state index contributed by atoms with van der Waals surface area (Å²) in [4.78, 5) is 14.9. The molecule has 4 rings (SSSR count). The van der Waals surface area contributed by atoms with Gasteiger partial charge in [0.15, 0.2) is 9.84 Å². The standard InChI is InChI=1S/C24H27N3O4S/c1-3-4-13-27(21-12-14-32(29,30)16-21)24(28)19-10-8-18(9-11-19)22-25-26-23(31-22)20-7-5-6-17(2)15-20/h5-11,15,21H,3-4,12-14,16H2,1-2H3. The Morgan fingerprint density at radius 2 is 1.81 bits per heavy atom. The van der Waals surface area contributed by atoms with Gasteiger partial charge < -0.3 is 9.32 Å². The molecule has 7 nitrogen and oxygen atoms in total. The molecule has 2 heterocycles. The van der Waals surface area contributed by atoms with E-state index in [0.717, 1.165) is 29.5 Å². The van der Waals surface area contributed by atoms with E-state index in [0.29, 0.717) is 30.3 Å². The second-order valence-electron chi connectivity index (χ2n) is 8.27. The Bertz CT molecular complexity index is 1200. The summed E-state index contributed by atoms with van der Waals surface area (Å²) >= 11 is 0. The summed E-state index contributed by atoms with van der Waals surface area (Å²) in [6.07, 6.45) is 2.27. The minimum atomic E-state index is -3.07. The lowest BCUT2D eigenvalue weighted by atomic mass is 10.1. The van der Waals surface area contributed by atoms with Crippen molar-refractivity contribution >= 4 is 15.7 Å². The van der Waals surface area contributed by atoms with Gasteiger partial charge in [0.05, 0.1) is 11.5 Å². The van der Waals surface area contributed by atoms with Crippen molar-refractivity contribution in [3.8, 4) is 22.9 Å². The van der Waals surface area contributed by atoms with Crippen molar-refractivity contribution in [1.29, 1.82) is 0 Å². The van der Waals surface area contributed by atoms with Gasteiger partial charge in [0, 0.05) is 29.3 Å². The first-order valence-electron chi connectivity index (χ1n) is 10.9. The van der Waals surface area contributed by atoms with Gasteiger partial charge in [-0.25, -0.2) is 8.42 Å². The lowest BCUT2D eigenvalue weighted by Crippen LogP contribution is -2.41. The van der Waals surface area contributed by atoms with Gasteiger partial charge in [-0.3, -0.25) is 4.79 Å². The molecule has 1 amide bonds. The summed E-state index contributed by atoms with van der Waals surface area (Å²) in [5, 5.41) is 8.28. The maximum atomic E-state index is 13.2. The molecule has 0 bridgehead atoms. The minimum Gasteiger partial charge on any atom is -0.416 e. The molecule has 32 heavy (non-hydrogen) atoms. The minimum absolute atomic E-state index is 0.0459. The van der Waals surface area contributed by atoms with Gasteiger partial charge in [-0.05, 0) is 56.2 Å². The maximum Gasteiger partial charge on any atom is 0.254 e. The smallest absolute Gasteiger partial charge is 0.254 e. The van der Waals surface area contributed by atoms with Crippen molar-refractivity contribution in [2.75, 3.05) is 18.1 Å². The Kier molecular flexibility index (Phi) is 6.41. The van der Waals surface area contributed by atoms with Gasteiger partial charge >= 0.3 is 0 Å². The monoisotopic (exact) mass is 453 g/mol. The molecule has 8 heteroatoms. The Hall–Kier alpha value is -3.00. The number of rotatable bonds is 7. The fraction of sp³-hybridized carbons (Fsp3) is 0.375. The Morgan fingerprint density at radius 1 is 1.09 bits per heavy atom. The second-order valence-corrected chi connectivity index (χ2v) is 10.5. The van der Waals surface area contributed by atoms with Crippen LogP contribution in [0.2, 0.25) is 0 Å². The van der Waals surface area contributed by atoms with E-state index >= 15 is 0 Å². The molecular weight excluding hydrogens is 426 g/mol. The van der Waals surface area contributed by atoms with Crippen LogP contribution in [0.1, 0.15) is 42.1 Å². The van der Waals surface area contributed by atoms with Crippen LogP contribution in [0.5, 0.6) is 0 Å². The van der Waals surface area contributed by atoms with Crippen LogP contribution < -0.4 is 0 Å². The molecule has 0 radical (unpaired) electrons. The number of hydrogen-bond donors (Lipinski definition) is 0. The number of carbonyl (C=O) groups is 1. The quantitative estimate of drug-likeness (QED) is 0.534. The van der Waals surface area contributed by atoms with Crippen LogP contribution in [-0.2, 0) is 9.84 Å². The number of nitrogens with zero attached hydrogens (tertiary/aromatic N) is 3. The number of sulfone groups is 1. The first-order chi connectivity index (χ1) is 15.4. The summed E-state index contributed by atoms with van der Waals surface area (Å²) in [6.45, 7) is 4.61. The van der Waals surface area contributed by atoms with E-state index in [1.54, 1.807) is 29.2 Å². The molecule has 1 aliphatic heterocycles. The van der Waals surface area contributed by atoms with Gasteiger partial charge in [-0.15, -0.1) is 10.2 Å². The number of hydrogen-bond acceptors (Lipinski definition) is 6. The van der Waals surface area contributed by atoms with Crippen molar-refractivity contribution in [3.63, 3.8) is 0 Å². The first-order valence-corrected chi connectivity index (χ1v) is 12.7. The highest BCUT2D eigenvalue weighted by Crippen LogP contribution is 2.26. The fourth-order valence-electron chi connectivity index (χ4n) is 3.96. The van der Waals surface area contributed by atoms with Crippen LogP contribution in [-0.4, -0.2) is 53.5 Å². The Labute approximate surface area is 188 Å². The number of aromatic nitrogens is 2. The predicted octanol–water partition coefficient (Wildman–Crippen LogP) is 4.14. The lowest BCUT2D eigenvalue weighted by Gasteiger charge is -2.28. The van der Waals surface area contributed by atoms with Crippen LogP contribution in [0, 0.1) is 6.92 Å². The summed E-state index contributed by atoms with van der Waals surface area (Å²) in [6, 6.07) is 14.6. The highest BCUT2D eigenvalue weighted by molar-refractivity contribution is 7.91. The lowest BCUT2D eigenvalue weighted by molar-refractivity contribution is 0.0694. The first kappa shape index (κ1) is 22.2. The van der Waals surface area contributed by atoms with Gasteiger partial charge in [-0.1, -0.05) is 31.0 Å². The molecular formula is C24H27N3O4S. The molecule has 0 aliphatic carbocycles. The highest BCUT2D eigenvalue weighted by atomic mass is 32.2. The predicted molar refractivity (Wildman–Crippen MR) is 123 cm³/mol. The van der Waals surface area contributed by atoms with Crippen molar-refractivity contribution < 1.29 is 17.6 Å². The summed E-state index contributed by atoms with van der Waals surface area (Å²) in [5.74, 6) is 0.873. The van der Waals surface area contributed by atoms with E-state index in [2.05, 4.69) is 17.1 Å². The molecule has 168 valence electrons. The maximum absolute atomic E-state index is 13.2. The zero-order valence-corrected chi connectivity index (χ0v) is 19.1. The number of aryl methyl sites for hydroxylation is 1. The largest absolute Gasteiger partial charge is 0.416 e. The molecule has 1 aromatic heterocycles. The van der Waals surface area contributed by atoms with E-state index in [-0.39, 0.29) is 23.5 Å². The third-order valence-electron chi connectivity index (χ3n) is 5.73. The number of amides is 1. The van der Waals surface area contributed by atoms with Crippen molar-refractivity contribution in [3.05, 3.63) is 59.7 Å². The van der Waals surface area contributed by atoms with Crippen molar-refractivity contribution in [2.45, 2.75) is 39.2 Å². The summed E-state index contributed by atoms with van der Waals surface area (Å²) in [5.41, 5.74) is 3.20. The molecule has 3 aromatic rings. The van der Waals surface area contributed by atoms with E-state index in [4.69, 9.17) is 4.42 Å². The molecule has 1 unspecified atom stereocenters. The highest BCUT2D eigenvalue weighted by Gasteiger charge is 2.34. The second kappa shape index (κ2) is 9.24. The van der Waals surface area contributed by atoms with Crippen LogP contribution in [0.4, 0.5) is 0 Å². The molecule has 0 spiro atoms. The zero-order chi connectivity index (χ0) is 22.7. The SMILES string of the molecule is CCCCN(C(=O)c1ccc(-c2nnc(-c3cccc(C)c3)o2)cc1)C1CCS(=O)(=O)C1. The van der Waals surface area contributed by atoms with Crippen LogP contribution in [0.15, 0.2) is 52.9 Å². The van der Waals surface area contributed by atoms with E-state index < -0.39 is 9.84 Å². The van der Waals surface area contributed by atoms with E-state index in [1.807, 2.05) is 31.2 Å². The van der Waals surface area contributed by atoms with Gasteiger partial charge in [-0.2, -0.15) is 0 Å². The summed E-state index contributed by atoms with van der Waals surface area (Å²) < 4.78 is 29.7. The topological polar surface area (TPSA) is 93.4 Å². The molecule has 1 fully saturated rings. The molecule has 1 atom stereocenters. The number of unbranched alkanes of at least 4 members (excludes halogenated alkanes) is 1. The molecule has 0 saturated carbocycles. The normalized spacial score (nSPS) is 17.4. The third kappa shape index (κ3) is 4.91. The molecule has 1 saturated heterocycles. The molecule has 1 aliphatic rings. The van der Waals surface area contributed by atoms with Crippen molar-refractivity contribution in [2.24, 2.45) is 0 Å². The average Bonchev–Trinajstić information content (AvgIpc) is 3.41. The Balaban J connectivity index is 1.53. The molecule has 2 aromatic carbocycles. The van der Waals surface area contributed by atoms with Gasteiger partial charge in [0.25, 0.3) is 5.91 Å². The van der Waals surface area contributed by atoms with Crippen molar-refractivity contribution in [1.82, 2.24) is 15.1 Å². The van der Waals surface area contributed by atoms with Crippen LogP contribution >= 0.6 is 0 Å². The van der Waals surface area contributed by atoms with E-state index in [9.17, 15) is 13.2 Å². The molecule has 0 N–H and O–H groups in total. The van der Waals surface area contributed by atoms with Crippen LogP contribution in [0.25, 0.3) is 22.9 Å². The van der Waals surface area contributed by atoms with Crippen LogP contribution in [0.3, 0.4) is 0 Å².